The highest BCUT2D eigenvalue weighted by atomic mass is 16.4. The zero-order valence-corrected chi connectivity index (χ0v) is 12.1. The van der Waals surface area contributed by atoms with Gasteiger partial charge in [-0.15, -0.1) is 6.58 Å². The summed E-state index contributed by atoms with van der Waals surface area (Å²) in [5, 5.41) is 9.18. The van der Waals surface area contributed by atoms with Gasteiger partial charge in [-0.1, -0.05) is 6.08 Å². The van der Waals surface area contributed by atoms with Gasteiger partial charge in [0.05, 0.1) is 5.41 Å². The molecule has 0 spiro atoms. The molecular weight excluding hydrogens is 244 g/mol. The summed E-state index contributed by atoms with van der Waals surface area (Å²) in [6, 6.07) is 0.0839. The molecule has 0 aliphatic carbocycles. The molecule has 2 amide bonds. The highest BCUT2D eigenvalue weighted by Crippen LogP contribution is 2.31. The van der Waals surface area contributed by atoms with Gasteiger partial charge in [0.25, 0.3) is 0 Å². The first-order chi connectivity index (χ1) is 8.81. The molecule has 1 saturated heterocycles. The van der Waals surface area contributed by atoms with Gasteiger partial charge in [-0.25, -0.2) is 4.79 Å². The van der Waals surface area contributed by atoms with Crippen LogP contribution >= 0.6 is 0 Å². The van der Waals surface area contributed by atoms with Crippen LogP contribution in [0.3, 0.4) is 0 Å². The third-order valence-corrected chi connectivity index (χ3v) is 3.85. The van der Waals surface area contributed by atoms with Crippen LogP contribution in [0.4, 0.5) is 4.79 Å². The Morgan fingerprint density at radius 3 is 2.32 bits per heavy atom. The number of amides is 2. The molecule has 108 valence electrons. The van der Waals surface area contributed by atoms with Gasteiger partial charge in [-0.2, -0.15) is 0 Å². The first-order valence-corrected chi connectivity index (χ1v) is 6.71. The summed E-state index contributed by atoms with van der Waals surface area (Å²) < 4.78 is 0. The molecule has 0 aromatic carbocycles. The normalized spacial score (nSPS) is 18.2. The minimum absolute atomic E-state index is 0.0256. The Bertz CT molecular complexity index is 358. The number of carboxylic acid groups (broad SMARTS) is 1. The molecule has 0 radical (unpaired) electrons. The number of aliphatic carboxylic acids is 1. The van der Waals surface area contributed by atoms with Crippen LogP contribution in [0.25, 0.3) is 0 Å². The van der Waals surface area contributed by atoms with Gasteiger partial charge in [-0.05, 0) is 33.6 Å². The van der Waals surface area contributed by atoms with Crippen LogP contribution in [-0.4, -0.2) is 52.6 Å². The van der Waals surface area contributed by atoms with Gasteiger partial charge in [0.2, 0.25) is 0 Å². The first kappa shape index (κ1) is 15.5. The molecule has 1 heterocycles. The molecule has 0 aromatic rings. The minimum atomic E-state index is -0.772. The van der Waals surface area contributed by atoms with Crippen LogP contribution in [-0.2, 0) is 4.79 Å². The smallest absolute Gasteiger partial charge is 0.320 e. The van der Waals surface area contributed by atoms with Crippen molar-refractivity contribution in [1.29, 1.82) is 0 Å². The number of rotatable bonds is 4. The summed E-state index contributed by atoms with van der Waals surface area (Å²) in [6.45, 7) is 10.9. The Morgan fingerprint density at radius 1 is 1.42 bits per heavy atom. The van der Waals surface area contributed by atoms with Crippen LogP contribution < -0.4 is 0 Å². The number of carboxylic acids is 1. The molecule has 19 heavy (non-hydrogen) atoms. The van der Waals surface area contributed by atoms with E-state index < -0.39 is 11.4 Å². The Balaban J connectivity index is 2.66. The second-order valence-electron chi connectivity index (χ2n) is 5.67. The van der Waals surface area contributed by atoms with E-state index in [0.29, 0.717) is 32.5 Å². The number of carbonyl (C=O) groups excluding carboxylic acids is 1. The first-order valence-electron chi connectivity index (χ1n) is 6.71. The number of likely N-dealkylation sites (tertiary alicyclic amines) is 1. The third kappa shape index (κ3) is 3.49. The minimum Gasteiger partial charge on any atom is -0.481 e. The van der Waals surface area contributed by atoms with Crippen molar-refractivity contribution in [1.82, 2.24) is 9.80 Å². The van der Waals surface area contributed by atoms with Crippen molar-refractivity contribution in [3.63, 3.8) is 0 Å². The highest BCUT2D eigenvalue weighted by molar-refractivity contribution is 5.77. The van der Waals surface area contributed by atoms with E-state index in [2.05, 4.69) is 6.58 Å². The van der Waals surface area contributed by atoms with E-state index in [1.807, 2.05) is 13.8 Å². The van der Waals surface area contributed by atoms with E-state index in [1.54, 1.807) is 22.8 Å². The zero-order chi connectivity index (χ0) is 14.6. The van der Waals surface area contributed by atoms with Crippen molar-refractivity contribution in [2.45, 2.75) is 39.7 Å². The second kappa shape index (κ2) is 6.08. The summed E-state index contributed by atoms with van der Waals surface area (Å²) in [4.78, 5) is 27.0. The fourth-order valence-electron chi connectivity index (χ4n) is 2.24. The number of urea groups is 1. The maximum Gasteiger partial charge on any atom is 0.320 e. The fourth-order valence-corrected chi connectivity index (χ4v) is 2.24. The molecule has 0 bridgehead atoms. The topological polar surface area (TPSA) is 60.9 Å². The van der Waals surface area contributed by atoms with E-state index in [4.69, 9.17) is 0 Å². The van der Waals surface area contributed by atoms with E-state index in [-0.39, 0.29) is 12.1 Å². The lowest BCUT2D eigenvalue weighted by molar-refractivity contribution is -0.150. The van der Waals surface area contributed by atoms with Crippen LogP contribution in [0, 0.1) is 5.41 Å². The molecule has 1 rings (SSSR count). The molecule has 5 nitrogen and oxygen atoms in total. The van der Waals surface area contributed by atoms with Crippen LogP contribution in [0.1, 0.15) is 33.6 Å². The van der Waals surface area contributed by atoms with Crippen LogP contribution in [0.15, 0.2) is 12.7 Å². The number of carbonyl (C=O) groups is 2. The summed E-state index contributed by atoms with van der Waals surface area (Å²) in [7, 11) is 0. The lowest BCUT2D eigenvalue weighted by atomic mass is 9.80. The molecular formula is C14H24N2O3. The predicted octanol–water partition coefficient (Wildman–Crippen LogP) is 2.19. The Hall–Kier alpha value is -1.52. The Kier molecular flexibility index (Phi) is 4.97. The van der Waals surface area contributed by atoms with Crippen LogP contribution in [0.2, 0.25) is 0 Å². The maximum atomic E-state index is 12.4. The third-order valence-electron chi connectivity index (χ3n) is 3.85. The zero-order valence-electron chi connectivity index (χ0n) is 12.1. The highest BCUT2D eigenvalue weighted by Gasteiger charge is 2.38. The van der Waals surface area contributed by atoms with Gasteiger partial charge in [0, 0.05) is 25.7 Å². The molecule has 1 fully saturated rings. The summed E-state index contributed by atoms with van der Waals surface area (Å²) in [6.07, 6.45) is 2.73. The molecule has 1 N–H and O–H groups in total. The molecule has 0 aromatic heterocycles. The van der Waals surface area contributed by atoms with Crippen molar-refractivity contribution in [3.05, 3.63) is 12.7 Å². The number of nitrogens with zero attached hydrogens (tertiary/aromatic N) is 2. The van der Waals surface area contributed by atoms with Gasteiger partial charge >= 0.3 is 12.0 Å². The lowest BCUT2D eigenvalue weighted by Gasteiger charge is -2.39. The van der Waals surface area contributed by atoms with Gasteiger partial charge < -0.3 is 14.9 Å². The lowest BCUT2D eigenvalue weighted by Crippen LogP contribution is -2.51. The van der Waals surface area contributed by atoms with Gasteiger partial charge in [-0.3, -0.25) is 4.79 Å². The van der Waals surface area contributed by atoms with Crippen molar-refractivity contribution in [2.24, 2.45) is 5.41 Å². The largest absolute Gasteiger partial charge is 0.481 e. The summed E-state index contributed by atoms with van der Waals surface area (Å²) in [5.41, 5.74) is -0.697. The molecule has 0 atom stereocenters. The van der Waals surface area contributed by atoms with E-state index >= 15 is 0 Å². The second-order valence-corrected chi connectivity index (χ2v) is 5.67. The summed E-state index contributed by atoms with van der Waals surface area (Å²) >= 11 is 0. The maximum absolute atomic E-state index is 12.4. The average molecular weight is 268 g/mol. The molecule has 0 unspecified atom stereocenters. The van der Waals surface area contributed by atoms with Gasteiger partial charge in [0.15, 0.2) is 0 Å². The fraction of sp³-hybridized carbons (Fsp3) is 0.714. The Labute approximate surface area is 114 Å². The van der Waals surface area contributed by atoms with Crippen molar-refractivity contribution in [2.75, 3.05) is 19.6 Å². The Morgan fingerprint density at radius 2 is 1.95 bits per heavy atom. The molecule has 5 heteroatoms. The number of piperidine rings is 1. The summed E-state index contributed by atoms with van der Waals surface area (Å²) in [5.74, 6) is -0.772. The molecule has 1 aliphatic heterocycles. The SMILES string of the molecule is C=CCN(C(=O)N1CCC(C)(C(=O)O)CC1)C(C)C. The van der Waals surface area contributed by atoms with Crippen molar-refractivity contribution in [3.8, 4) is 0 Å². The van der Waals surface area contributed by atoms with E-state index in [1.165, 1.54) is 0 Å². The number of hydrogen-bond acceptors (Lipinski definition) is 2. The van der Waals surface area contributed by atoms with Crippen molar-refractivity contribution >= 4 is 12.0 Å². The predicted molar refractivity (Wildman–Crippen MR) is 74.0 cm³/mol. The standard InChI is InChI=1S/C14H24N2O3/c1-5-8-16(11(2)3)13(19)15-9-6-14(4,7-10-15)12(17)18/h5,11H,1,6-10H2,2-4H3,(H,17,18). The van der Waals surface area contributed by atoms with Gasteiger partial charge in [0.1, 0.15) is 0 Å². The van der Waals surface area contributed by atoms with E-state index in [9.17, 15) is 14.7 Å². The average Bonchev–Trinajstić information content (AvgIpc) is 2.35. The monoisotopic (exact) mass is 268 g/mol. The van der Waals surface area contributed by atoms with Crippen LogP contribution in [0.5, 0.6) is 0 Å². The molecule has 0 saturated carbocycles. The van der Waals surface area contributed by atoms with Crippen molar-refractivity contribution < 1.29 is 14.7 Å². The quantitative estimate of drug-likeness (QED) is 0.795. The van der Waals surface area contributed by atoms with E-state index in [0.717, 1.165) is 0 Å². The molecule has 1 aliphatic rings. The number of hydrogen-bond donors (Lipinski definition) is 1.